The Kier molecular flexibility index (Phi) is 5.11. The first-order chi connectivity index (χ1) is 10.8. The van der Waals surface area contributed by atoms with Gasteiger partial charge in [0.15, 0.2) is 0 Å². The molecule has 0 radical (unpaired) electrons. The summed E-state index contributed by atoms with van der Waals surface area (Å²) in [4.78, 5) is 16.2. The minimum absolute atomic E-state index is 0.0306. The monoisotopic (exact) mass is 316 g/mol. The maximum atomic E-state index is 12.0. The predicted octanol–water partition coefficient (Wildman–Crippen LogP) is 3.55. The summed E-state index contributed by atoms with van der Waals surface area (Å²) in [7, 11) is 0. The fourth-order valence-electron chi connectivity index (χ4n) is 2.77. The summed E-state index contributed by atoms with van der Waals surface area (Å²) >= 11 is 1.52. The number of rotatable bonds is 5. The van der Waals surface area contributed by atoms with Crippen LogP contribution in [0.25, 0.3) is 0 Å². The van der Waals surface area contributed by atoms with E-state index in [4.69, 9.17) is 0 Å². The number of nitrogens with one attached hydrogen (secondary N) is 1. The molecule has 2 aromatic heterocycles. The third-order valence-corrected chi connectivity index (χ3v) is 4.98. The molecule has 0 atom stereocenters. The van der Waals surface area contributed by atoms with Gasteiger partial charge in [0.2, 0.25) is 11.0 Å². The molecule has 2 heterocycles. The Morgan fingerprint density at radius 3 is 2.86 bits per heavy atom. The van der Waals surface area contributed by atoms with Crippen molar-refractivity contribution >= 4 is 22.4 Å². The standard InChI is InChI=1S/C16H20N4OS/c21-14(10-9-13-8-4-5-11-17-13)18-16-20-19-15(22-16)12-6-2-1-3-7-12/h4-5,8,11-12H,1-3,6-7,9-10H2,(H,18,20,21). The van der Waals surface area contributed by atoms with Crippen molar-refractivity contribution in [2.75, 3.05) is 5.32 Å². The highest BCUT2D eigenvalue weighted by Gasteiger charge is 2.20. The van der Waals surface area contributed by atoms with Crippen molar-refractivity contribution in [1.82, 2.24) is 15.2 Å². The van der Waals surface area contributed by atoms with E-state index >= 15 is 0 Å². The third-order valence-electron chi connectivity index (χ3n) is 3.98. The second kappa shape index (κ2) is 7.45. The molecule has 22 heavy (non-hydrogen) atoms. The molecule has 1 aliphatic rings. The largest absolute Gasteiger partial charge is 0.301 e. The van der Waals surface area contributed by atoms with E-state index in [2.05, 4.69) is 20.5 Å². The topological polar surface area (TPSA) is 67.8 Å². The minimum Gasteiger partial charge on any atom is -0.301 e. The maximum Gasteiger partial charge on any atom is 0.226 e. The molecule has 0 unspecified atom stereocenters. The summed E-state index contributed by atoms with van der Waals surface area (Å²) in [6.45, 7) is 0. The van der Waals surface area contributed by atoms with Crippen molar-refractivity contribution in [2.24, 2.45) is 0 Å². The molecule has 1 saturated carbocycles. The van der Waals surface area contributed by atoms with E-state index in [-0.39, 0.29) is 5.91 Å². The van der Waals surface area contributed by atoms with Crippen molar-refractivity contribution < 1.29 is 4.79 Å². The van der Waals surface area contributed by atoms with E-state index in [9.17, 15) is 4.79 Å². The SMILES string of the molecule is O=C(CCc1ccccn1)Nc1nnc(C2CCCCC2)s1. The number of carbonyl (C=O) groups excluding carboxylic acids is 1. The molecule has 116 valence electrons. The van der Waals surface area contributed by atoms with Crippen LogP contribution in [0.15, 0.2) is 24.4 Å². The van der Waals surface area contributed by atoms with Gasteiger partial charge in [-0.3, -0.25) is 9.78 Å². The zero-order chi connectivity index (χ0) is 15.2. The summed E-state index contributed by atoms with van der Waals surface area (Å²) in [6.07, 6.45) is 9.06. The lowest BCUT2D eigenvalue weighted by atomic mass is 9.90. The highest BCUT2D eigenvalue weighted by Crippen LogP contribution is 2.35. The molecular weight excluding hydrogens is 296 g/mol. The summed E-state index contributed by atoms with van der Waals surface area (Å²) in [5.41, 5.74) is 0.929. The van der Waals surface area contributed by atoms with Crippen molar-refractivity contribution in [3.05, 3.63) is 35.1 Å². The first-order valence-corrected chi connectivity index (χ1v) is 8.66. The zero-order valence-electron chi connectivity index (χ0n) is 12.5. The molecule has 1 N–H and O–H groups in total. The van der Waals surface area contributed by atoms with Gasteiger partial charge in [0.25, 0.3) is 0 Å². The van der Waals surface area contributed by atoms with Crippen molar-refractivity contribution in [1.29, 1.82) is 0 Å². The number of pyridine rings is 1. The summed E-state index contributed by atoms with van der Waals surface area (Å²) in [5, 5.41) is 12.9. The van der Waals surface area contributed by atoms with Crippen LogP contribution in [0.2, 0.25) is 0 Å². The molecule has 1 aliphatic carbocycles. The maximum absolute atomic E-state index is 12.0. The smallest absolute Gasteiger partial charge is 0.226 e. The van der Waals surface area contributed by atoms with Crippen LogP contribution in [-0.2, 0) is 11.2 Å². The molecule has 0 bridgehead atoms. The molecule has 3 rings (SSSR count). The van der Waals surface area contributed by atoms with Gasteiger partial charge in [0, 0.05) is 24.2 Å². The molecule has 0 saturated heterocycles. The molecule has 1 amide bonds. The predicted molar refractivity (Wildman–Crippen MR) is 86.9 cm³/mol. The Bertz CT molecular complexity index is 608. The molecule has 2 aromatic rings. The molecule has 1 fully saturated rings. The van der Waals surface area contributed by atoms with Crippen LogP contribution in [0, 0.1) is 0 Å². The molecule has 0 spiro atoms. The van der Waals surface area contributed by atoms with E-state index in [0.29, 0.717) is 23.9 Å². The normalized spacial score (nSPS) is 15.6. The second-order valence-corrected chi connectivity index (χ2v) is 6.66. The number of carbonyl (C=O) groups is 1. The van der Waals surface area contributed by atoms with Crippen LogP contribution in [-0.4, -0.2) is 21.1 Å². The first-order valence-electron chi connectivity index (χ1n) is 7.84. The summed E-state index contributed by atoms with van der Waals surface area (Å²) < 4.78 is 0. The van der Waals surface area contributed by atoms with E-state index in [1.54, 1.807) is 6.20 Å². The Morgan fingerprint density at radius 1 is 1.23 bits per heavy atom. The van der Waals surface area contributed by atoms with Crippen LogP contribution in [0.3, 0.4) is 0 Å². The number of aromatic nitrogens is 3. The number of hydrogen-bond acceptors (Lipinski definition) is 5. The third kappa shape index (κ3) is 4.10. The van der Waals surface area contributed by atoms with Gasteiger partial charge >= 0.3 is 0 Å². The lowest BCUT2D eigenvalue weighted by Gasteiger charge is -2.18. The first kappa shape index (κ1) is 15.1. The van der Waals surface area contributed by atoms with Gasteiger partial charge in [-0.25, -0.2) is 0 Å². The average molecular weight is 316 g/mol. The highest BCUT2D eigenvalue weighted by atomic mass is 32.1. The molecular formula is C16H20N4OS. The lowest BCUT2D eigenvalue weighted by Crippen LogP contribution is -2.12. The van der Waals surface area contributed by atoms with E-state index in [1.165, 1.54) is 43.4 Å². The number of anilines is 1. The van der Waals surface area contributed by atoms with E-state index in [0.717, 1.165) is 10.7 Å². The zero-order valence-corrected chi connectivity index (χ0v) is 13.3. The van der Waals surface area contributed by atoms with Gasteiger partial charge in [0.05, 0.1) is 0 Å². The lowest BCUT2D eigenvalue weighted by molar-refractivity contribution is -0.116. The molecule has 0 aromatic carbocycles. The van der Waals surface area contributed by atoms with E-state index < -0.39 is 0 Å². The second-order valence-electron chi connectivity index (χ2n) is 5.65. The van der Waals surface area contributed by atoms with Crippen molar-refractivity contribution in [3.8, 4) is 0 Å². The average Bonchev–Trinajstić information content (AvgIpc) is 3.03. The molecule has 6 heteroatoms. The quantitative estimate of drug-likeness (QED) is 0.916. The van der Waals surface area contributed by atoms with Gasteiger partial charge < -0.3 is 5.32 Å². The highest BCUT2D eigenvalue weighted by molar-refractivity contribution is 7.15. The Morgan fingerprint density at radius 2 is 2.09 bits per heavy atom. The number of nitrogens with zero attached hydrogens (tertiary/aromatic N) is 3. The molecule has 0 aliphatic heterocycles. The van der Waals surface area contributed by atoms with Gasteiger partial charge in [0.1, 0.15) is 5.01 Å². The van der Waals surface area contributed by atoms with Gasteiger partial charge in [-0.2, -0.15) is 0 Å². The van der Waals surface area contributed by atoms with Gasteiger partial charge in [-0.15, -0.1) is 10.2 Å². The fourth-order valence-corrected chi connectivity index (χ4v) is 3.70. The summed E-state index contributed by atoms with van der Waals surface area (Å²) in [5.74, 6) is 0.502. The number of amides is 1. The van der Waals surface area contributed by atoms with Gasteiger partial charge in [-0.1, -0.05) is 36.7 Å². The van der Waals surface area contributed by atoms with Crippen LogP contribution < -0.4 is 5.32 Å². The Labute approximate surface area is 134 Å². The van der Waals surface area contributed by atoms with Gasteiger partial charge in [-0.05, 0) is 31.4 Å². The van der Waals surface area contributed by atoms with Crippen LogP contribution in [0.4, 0.5) is 5.13 Å². The number of hydrogen-bond donors (Lipinski definition) is 1. The van der Waals surface area contributed by atoms with E-state index in [1.807, 2.05) is 18.2 Å². The summed E-state index contributed by atoms with van der Waals surface area (Å²) in [6, 6.07) is 5.73. The van der Waals surface area contributed by atoms with Crippen LogP contribution in [0.1, 0.15) is 55.1 Å². The fraction of sp³-hybridized carbons (Fsp3) is 0.500. The van der Waals surface area contributed by atoms with Crippen LogP contribution >= 0.6 is 11.3 Å². The minimum atomic E-state index is -0.0306. The van der Waals surface area contributed by atoms with Crippen LogP contribution in [0.5, 0.6) is 0 Å². The Hall–Kier alpha value is -1.82. The number of aryl methyl sites for hydroxylation is 1. The molecule has 5 nitrogen and oxygen atoms in total. The Balaban J connectivity index is 1.50. The van der Waals surface area contributed by atoms with Crippen molar-refractivity contribution in [3.63, 3.8) is 0 Å². The van der Waals surface area contributed by atoms with Crippen molar-refractivity contribution in [2.45, 2.75) is 50.9 Å².